The highest BCUT2D eigenvalue weighted by molar-refractivity contribution is 8.13. The van der Waals surface area contributed by atoms with E-state index in [-0.39, 0.29) is 24.0 Å². The topological polar surface area (TPSA) is 72.9 Å². The Hall–Kier alpha value is -1.31. The van der Waals surface area contributed by atoms with E-state index in [2.05, 4.69) is 0 Å². The van der Waals surface area contributed by atoms with Gasteiger partial charge in [-0.05, 0) is 12.1 Å². The molecule has 0 saturated carbocycles. The fraction of sp³-hybridized carbons (Fsp3) is 0.500. The summed E-state index contributed by atoms with van der Waals surface area (Å²) in [5.41, 5.74) is 0.637. The van der Waals surface area contributed by atoms with Crippen LogP contribution in [0.1, 0.15) is 6.42 Å². The fourth-order valence-electron chi connectivity index (χ4n) is 2.44. The summed E-state index contributed by atoms with van der Waals surface area (Å²) in [5.74, 6) is -0.0684. The van der Waals surface area contributed by atoms with Gasteiger partial charge in [0.05, 0.1) is 18.0 Å². The van der Waals surface area contributed by atoms with Crippen molar-refractivity contribution >= 4 is 31.3 Å². The van der Waals surface area contributed by atoms with Crippen molar-refractivity contribution in [2.45, 2.75) is 6.42 Å². The van der Waals surface area contributed by atoms with Gasteiger partial charge in [0.25, 0.3) is 0 Å². The molecule has 0 aliphatic carbocycles. The van der Waals surface area contributed by atoms with Gasteiger partial charge in [-0.1, -0.05) is 12.1 Å². The molecule has 0 N–H and O–H groups in total. The van der Waals surface area contributed by atoms with E-state index in [9.17, 15) is 13.2 Å². The van der Waals surface area contributed by atoms with Crippen LogP contribution in [-0.4, -0.2) is 46.9 Å². The highest BCUT2D eigenvalue weighted by Gasteiger charge is 2.34. The maximum atomic E-state index is 12.2. The molecular formula is C14H18ClNO5S. The van der Waals surface area contributed by atoms with Gasteiger partial charge in [0.1, 0.15) is 12.4 Å². The predicted molar refractivity (Wildman–Crippen MR) is 83.9 cm³/mol. The zero-order chi connectivity index (χ0) is 16.2. The third-order valence-electron chi connectivity index (χ3n) is 3.34. The summed E-state index contributed by atoms with van der Waals surface area (Å²) >= 11 is 0. The molecule has 1 aliphatic rings. The third kappa shape index (κ3) is 4.59. The molecule has 1 aliphatic heterocycles. The number of hydrogen-bond acceptors (Lipinski definition) is 5. The van der Waals surface area contributed by atoms with Gasteiger partial charge in [0.15, 0.2) is 0 Å². The minimum absolute atomic E-state index is 0.131. The van der Waals surface area contributed by atoms with Crippen LogP contribution in [0.25, 0.3) is 0 Å². The molecule has 0 aromatic heterocycles. The van der Waals surface area contributed by atoms with Crippen molar-refractivity contribution in [3.8, 4) is 5.75 Å². The Balaban J connectivity index is 2.12. The zero-order valence-corrected chi connectivity index (χ0v) is 13.8. The standard InChI is InChI=1S/C14H18ClNO5S/c1-20-6-7-21-13-5-3-2-4-12(13)16-9-11(8-14(16)17)10-22(15,18)19/h2-5,11H,6-10H2,1H3. The van der Waals surface area contributed by atoms with Gasteiger partial charge in [-0.2, -0.15) is 0 Å². The predicted octanol–water partition coefficient (Wildman–Crippen LogP) is 1.63. The minimum atomic E-state index is -3.62. The molecule has 6 nitrogen and oxygen atoms in total. The lowest BCUT2D eigenvalue weighted by molar-refractivity contribution is -0.117. The SMILES string of the molecule is COCCOc1ccccc1N1CC(CS(=O)(=O)Cl)CC1=O. The average Bonchev–Trinajstić information content (AvgIpc) is 2.78. The number of hydrogen-bond donors (Lipinski definition) is 0. The van der Waals surface area contributed by atoms with Crippen LogP contribution in [0.4, 0.5) is 5.69 Å². The van der Waals surface area contributed by atoms with Crippen LogP contribution < -0.4 is 9.64 Å². The number of rotatable bonds is 7. The van der Waals surface area contributed by atoms with Crippen LogP contribution in [0.15, 0.2) is 24.3 Å². The molecule has 1 saturated heterocycles. The number of halogens is 1. The Morgan fingerprint density at radius 3 is 2.73 bits per heavy atom. The smallest absolute Gasteiger partial charge is 0.232 e. The number of methoxy groups -OCH3 is 1. The monoisotopic (exact) mass is 347 g/mol. The first-order chi connectivity index (χ1) is 10.4. The number of amides is 1. The summed E-state index contributed by atoms with van der Waals surface area (Å²) < 4.78 is 32.9. The maximum absolute atomic E-state index is 12.2. The first-order valence-corrected chi connectivity index (χ1v) is 9.32. The second kappa shape index (κ2) is 7.30. The quantitative estimate of drug-likeness (QED) is 0.553. The number of ether oxygens (including phenoxy) is 2. The fourth-order valence-corrected chi connectivity index (χ4v) is 3.77. The van der Waals surface area contributed by atoms with Crippen molar-refractivity contribution in [3.05, 3.63) is 24.3 Å². The molecule has 1 atom stereocenters. The molecule has 1 fully saturated rings. The molecule has 122 valence electrons. The first-order valence-electron chi connectivity index (χ1n) is 6.84. The summed E-state index contributed by atoms with van der Waals surface area (Å²) in [4.78, 5) is 13.7. The Kier molecular flexibility index (Phi) is 5.66. The number of carbonyl (C=O) groups excluding carboxylic acids is 1. The molecule has 1 aromatic rings. The summed E-state index contributed by atoms with van der Waals surface area (Å²) in [6.45, 7) is 1.12. The first kappa shape index (κ1) is 17.1. The van der Waals surface area contributed by atoms with Crippen molar-refractivity contribution in [2.75, 3.05) is 37.5 Å². The molecule has 0 bridgehead atoms. The van der Waals surface area contributed by atoms with Gasteiger partial charge < -0.3 is 14.4 Å². The molecule has 1 unspecified atom stereocenters. The van der Waals surface area contributed by atoms with Crippen LogP contribution in [0.5, 0.6) is 5.75 Å². The highest BCUT2D eigenvalue weighted by Crippen LogP contribution is 2.33. The third-order valence-corrected chi connectivity index (χ3v) is 4.59. The normalized spacial score (nSPS) is 18.7. The molecule has 0 radical (unpaired) electrons. The molecule has 1 aromatic carbocycles. The number of nitrogens with zero attached hydrogens (tertiary/aromatic N) is 1. The second-order valence-electron chi connectivity index (χ2n) is 5.09. The number of benzene rings is 1. The Morgan fingerprint density at radius 1 is 1.32 bits per heavy atom. The van der Waals surface area contributed by atoms with E-state index in [1.165, 1.54) is 0 Å². The number of carbonyl (C=O) groups is 1. The van der Waals surface area contributed by atoms with Gasteiger partial charge in [0.2, 0.25) is 15.0 Å². The van der Waals surface area contributed by atoms with E-state index in [1.807, 2.05) is 6.07 Å². The molecule has 22 heavy (non-hydrogen) atoms. The molecular weight excluding hydrogens is 330 g/mol. The van der Waals surface area contributed by atoms with Crippen LogP contribution in [0, 0.1) is 5.92 Å². The number of para-hydroxylation sites is 2. The minimum Gasteiger partial charge on any atom is -0.489 e. The average molecular weight is 348 g/mol. The van der Waals surface area contributed by atoms with E-state index in [1.54, 1.807) is 30.2 Å². The van der Waals surface area contributed by atoms with E-state index < -0.39 is 9.05 Å². The van der Waals surface area contributed by atoms with Gasteiger partial charge in [-0.15, -0.1) is 0 Å². The number of anilines is 1. The largest absolute Gasteiger partial charge is 0.489 e. The van der Waals surface area contributed by atoms with E-state index in [0.717, 1.165) is 0 Å². The van der Waals surface area contributed by atoms with Gasteiger partial charge in [-0.3, -0.25) is 4.79 Å². The Labute approximate surface area is 134 Å². The summed E-state index contributed by atoms with van der Waals surface area (Å²) in [5, 5.41) is 0. The molecule has 2 rings (SSSR count). The molecule has 8 heteroatoms. The maximum Gasteiger partial charge on any atom is 0.232 e. The lowest BCUT2D eigenvalue weighted by atomic mass is 10.1. The Morgan fingerprint density at radius 2 is 2.05 bits per heavy atom. The second-order valence-corrected chi connectivity index (χ2v) is 7.91. The van der Waals surface area contributed by atoms with Crippen molar-refractivity contribution in [3.63, 3.8) is 0 Å². The van der Waals surface area contributed by atoms with Crippen molar-refractivity contribution in [2.24, 2.45) is 5.92 Å². The zero-order valence-electron chi connectivity index (χ0n) is 12.2. The summed E-state index contributed by atoms with van der Waals surface area (Å²) in [6.07, 6.45) is 0.165. The van der Waals surface area contributed by atoms with Crippen LogP contribution in [0.3, 0.4) is 0 Å². The summed E-state index contributed by atoms with van der Waals surface area (Å²) in [7, 11) is 3.24. The van der Waals surface area contributed by atoms with Crippen LogP contribution in [0.2, 0.25) is 0 Å². The summed E-state index contributed by atoms with van der Waals surface area (Å²) in [6, 6.07) is 7.16. The van der Waals surface area contributed by atoms with Crippen molar-refractivity contribution < 1.29 is 22.7 Å². The molecule has 1 heterocycles. The van der Waals surface area contributed by atoms with Crippen LogP contribution >= 0.6 is 10.7 Å². The highest BCUT2D eigenvalue weighted by atomic mass is 35.7. The van der Waals surface area contributed by atoms with Crippen LogP contribution in [-0.2, 0) is 18.6 Å². The van der Waals surface area contributed by atoms with Gasteiger partial charge >= 0.3 is 0 Å². The lowest BCUT2D eigenvalue weighted by Gasteiger charge is -2.20. The Bertz CT molecular complexity index is 634. The van der Waals surface area contributed by atoms with Crippen molar-refractivity contribution in [1.29, 1.82) is 0 Å². The van der Waals surface area contributed by atoms with Gasteiger partial charge in [0, 0.05) is 36.7 Å². The van der Waals surface area contributed by atoms with Gasteiger partial charge in [-0.25, -0.2) is 8.42 Å². The molecule has 1 amide bonds. The van der Waals surface area contributed by atoms with E-state index >= 15 is 0 Å². The lowest BCUT2D eigenvalue weighted by Crippen LogP contribution is -2.26. The van der Waals surface area contributed by atoms with E-state index in [4.69, 9.17) is 20.2 Å². The molecule has 0 spiro atoms. The van der Waals surface area contributed by atoms with Crippen molar-refractivity contribution in [1.82, 2.24) is 0 Å². The van der Waals surface area contributed by atoms with E-state index in [0.29, 0.717) is 31.2 Å².